The number of benzene rings is 2. The zero-order chi connectivity index (χ0) is 18.8. The summed E-state index contributed by atoms with van der Waals surface area (Å²) in [7, 11) is 0. The number of aromatic nitrogens is 2. The van der Waals surface area contributed by atoms with Gasteiger partial charge in [0.05, 0.1) is 22.8 Å². The minimum absolute atomic E-state index is 0.00674. The number of fused-ring (bicyclic) bond motifs is 1. The van der Waals surface area contributed by atoms with Gasteiger partial charge in [-0.15, -0.1) is 0 Å². The Hall–Kier alpha value is -3.19. The Kier molecular flexibility index (Phi) is 4.60. The Labute approximate surface area is 159 Å². The summed E-state index contributed by atoms with van der Waals surface area (Å²) in [5.74, 6) is -0.236. The molecule has 0 saturated heterocycles. The van der Waals surface area contributed by atoms with Crippen molar-refractivity contribution in [3.05, 3.63) is 64.7 Å². The fraction of sp³-hybridized carbons (Fsp3) is 0.158. The van der Waals surface area contributed by atoms with Crippen LogP contribution in [0.15, 0.2) is 53.1 Å². The maximum absolute atomic E-state index is 12.3. The van der Waals surface area contributed by atoms with E-state index in [2.05, 4.69) is 10.1 Å². The van der Waals surface area contributed by atoms with E-state index in [1.54, 1.807) is 36.4 Å². The quantitative estimate of drug-likeness (QED) is 0.478. The molecule has 7 nitrogen and oxygen atoms in total. The summed E-state index contributed by atoms with van der Waals surface area (Å²) in [6, 6.07) is 13.9. The molecular weight excluding hydrogens is 370 g/mol. The zero-order valence-corrected chi connectivity index (χ0v) is 14.8. The second-order valence-corrected chi connectivity index (χ2v) is 6.28. The predicted molar refractivity (Wildman–Crippen MR) is 96.7 cm³/mol. The summed E-state index contributed by atoms with van der Waals surface area (Å²) in [6.07, 6.45) is 0.446. The standard InChI is InChI=1S/C19H14ClN3O4/c20-15-9-4-3-8-14(15)16-21-19(27-22-16)26-11-5-10-23-17(24)12-6-1-2-7-13(12)18(23)25/h1-4,6-9H,5,10-11H2. The topological polar surface area (TPSA) is 85.5 Å². The van der Waals surface area contributed by atoms with Gasteiger partial charge in [0.15, 0.2) is 0 Å². The van der Waals surface area contributed by atoms with E-state index >= 15 is 0 Å². The summed E-state index contributed by atoms with van der Waals surface area (Å²) in [6.45, 7) is 0.468. The number of hydrogen-bond acceptors (Lipinski definition) is 6. The van der Waals surface area contributed by atoms with Gasteiger partial charge in [-0.25, -0.2) is 0 Å². The van der Waals surface area contributed by atoms with Crippen LogP contribution in [0.1, 0.15) is 27.1 Å². The Morgan fingerprint density at radius 2 is 1.59 bits per heavy atom. The number of nitrogens with zero attached hydrogens (tertiary/aromatic N) is 3. The molecule has 1 aromatic heterocycles. The third-order valence-corrected chi connectivity index (χ3v) is 4.48. The van der Waals surface area contributed by atoms with Gasteiger partial charge >= 0.3 is 6.08 Å². The number of carbonyl (C=O) groups excluding carboxylic acids is 2. The van der Waals surface area contributed by atoms with Gasteiger partial charge in [-0.05, 0) is 30.7 Å². The highest BCUT2D eigenvalue weighted by atomic mass is 35.5. The fourth-order valence-electron chi connectivity index (χ4n) is 2.84. The van der Waals surface area contributed by atoms with Crippen molar-refractivity contribution in [2.24, 2.45) is 0 Å². The molecule has 0 N–H and O–H groups in total. The SMILES string of the molecule is O=C1c2ccccc2C(=O)N1CCCOc1nc(-c2ccccc2Cl)no1. The third kappa shape index (κ3) is 3.29. The molecule has 2 aromatic carbocycles. The average Bonchev–Trinajstić information content (AvgIpc) is 3.24. The second-order valence-electron chi connectivity index (χ2n) is 5.87. The molecule has 136 valence electrons. The Morgan fingerprint density at radius 1 is 0.963 bits per heavy atom. The number of imide groups is 1. The van der Waals surface area contributed by atoms with E-state index in [1.807, 2.05) is 12.1 Å². The van der Waals surface area contributed by atoms with E-state index in [4.69, 9.17) is 20.9 Å². The summed E-state index contributed by atoms with van der Waals surface area (Å²) in [5, 5.41) is 4.35. The highest BCUT2D eigenvalue weighted by Crippen LogP contribution is 2.26. The Morgan fingerprint density at radius 3 is 2.26 bits per heavy atom. The van der Waals surface area contributed by atoms with Crippen molar-refractivity contribution in [1.29, 1.82) is 0 Å². The molecule has 0 aliphatic carbocycles. The molecule has 0 saturated carbocycles. The number of hydrogen-bond donors (Lipinski definition) is 0. The first-order chi connectivity index (χ1) is 13.1. The van der Waals surface area contributed by atoms with Gasteiger partial charge in [-0.2, -0.15) is 4.98 Å². The van der Waals surface area contributed by atoms with Crippen LogP contribution in [0.4, 0.5) is 0 Å². The molecule has 0 unspecified atom stereocenters. The number of carbonyl (C=O) groups is 2. The van der Waals surface area contributed by atoms with E-state index < -0.39 is 0 Å². The maximum atomic E-state index is 12.3. The van der Waals surface area contributed by atoms with Gasteiger partial charge in [-0.3, -0.25) is 19.0 Å². The van der Waals surface area contributed by atoms with Crippen molar-refractivity contribution in [3.63, 3.8) is 0 Å². The first-order valence-electron chi connectivity index (χ1n) is 8.32. The highest BCUT2D eigenvalue weighted by molar-refractivity contribution is 6.33. The molecular formula is C19H14ClN3O4. The largest absolute Gasteiger partial charge is 0.449 e. The smallest absolute Gasteiger partial charge is 0.417 e. The zero-order valence-electron chi connectivity index (χ0n) is 14.1. The first-order valence-corrected chi connectivity index (χ1v) is 8.69. The van der Waals surface area contributed by atoms with Crippen LogP contribution >= 0.6 is 11.6 Å². The summed E-state index contributed by atoms with van der Waals surface area (Å²) in [5.41, 5.74) is 1.51. The molecule has 1 aliphatic rings. The van der Waals surface area contributed by atoms with Crippen molar-refractivity contribution in [2.75, 3.05) is 13.2 Å². The van der Waals surface area contributed by atoms with Crippen LogP contribution in [0.2, 0.25) is 5.02 Å². The van der Waals surface area contributed by atoms with Crippen LogP contribution < -0.4 is 4.74 Å². The number of rotatable bonds is 6. The van der Waals surface area contributed by atoms with E-state index in [0.29, 0.717) is 34.0 Å². The molecule has 1 aliphatic heterocycles. The van der Waals surface area contributed by atoms with Crippen molar-refractivity contribution in [2.45, 2.75) is 6.42 Å². The van der Waals surface area contributed by atoms with Crippen LogP contribution in [-0.2, 0) is 0 Å². The molecule has 27 heavy (non-hydrogen) atoms. The van der Waals surface area contributed by atoms with Crippen molar-refractivity contribution in [3.8, 4) is 17.5 Å². The van der Waals surface area contributed by atoms with E-state index in [9.17, 15) is 9.59 Å². The average molecular weight is 384 g/mol. The van der Waals surface area contributed by atoms with Crippen LogP contribution in [0.25, 0.3) is 11.4 Å². The van der Waals surface area contributed by atoms with Gasteiger partial charge in [0.25, 0.3) is 11.8 Å². The van der Waals surface area contributed by atoms with E-state index in [-0.39, 0.29) is 31.0 Å². The lowest BCUT2D eigenvalue weighted by molar-refractivity contribution is 0.0644. The molecule has 0 fully saturated rings. The molecule has 2 amide bonds. The summed E-state index contributed by atoms with van der Waals surface area (Å²) < 4.78 is 10.5. The minimum Gasteiger partial charge on any atom is -0.449 e. The molecule has 0 radical (unpaired) electrons. The lowest BCUT2D eigenvalue weighted by atomic mass is 10.1. The lowest BCUT2D eigenvalue weighted by Crippen LogP contribution is -2.31. The van der Waals surface area contributed by atoms with Crippen LogP contribution in [-0.4, -0.2) is 40.0 Å². The van der Waals surface area contributed by atoms with Crippen molar-refractivity contribution in [1.82, 2.24) is 15.0 Å². The minimum atomic E-state index is -0.283. The predicted octanol–water partition coefficient (Wildman–Crippen LogP) is 3.46. The molecule has 0 atom stereocenters. The third-order valence-electron chi connectivity index (χ3n) is 4.15. The van der Waals surface area contributed by atoms with Gasteiger partial charge < -0.3 is 4.74 Å². The number of amides is 2. The Bertz CT molecular complexity index is 982. The van der Waals surface area contributed by atoms with E-state index in [0.717, 1.165) is 0 Å². The molecule has 8 heteroatoms. The fourth-order valence-corrected chi connectivity index (χ4v) is 3.06. The first kappa shape index (κ1) is 17.2. The Balaban J connectivity index is 1.32. The number of ether oxygens (including phenoxy) is 1. The van der Waals surface area contributed by atoms with Crippen LogP contribution in [0, 0.1) is 0 Å². The van der Waals surface area contributed by atoms with Gasteiger partial charge in [0, 0.05) is 12.1 Å². The molecule has 2 heterocycles. The number of halogens is 1. The van der Waals surface area contributed by atoms with Gasteiger partial charge in [0.1, 0.15) is 0 Å². The molecule has 0 spiro atoms. The monoisotopic (exact) mass is 383 g/mol. The summed E-state index contributed by atoms with van der Waals surface area (Å²) in [4.78, 5) is 29.9. The second kappa shape index (κ2) is 7.20. The van der Waals surface area contributed by atoms with Gasteiger partial charge in [-0.1, -0.05) is 41.0 Å². The molecule has 4 rings (SSSR count). The van der Waals surface area contributed by atoms with Crippen LogP contribution in [0.5, 0.6) is 6.08 Å². The molecule has 3 aromatic rings. The van der Waals surface area contributed by atoms with Crippen molar-refractivity contribution >= 4 is 23.4 Å². The van der Waals surface area contributed by atoms with Gasteiger partial charge in [0.2, 0.25) is 5.82 Å². The summed E-state index contributed by atoms with van der Waals surface area (Å²) >= 11 is 6.10. The van der Waals surface area contributed by atoms with E-state index in [1.165, 1.54) is 4.90 Å². The van der Waals surface area contributed by atoms with Crippen LogP contribution in [0.3, 0.4) is 0 Å². The maximum Gasteiger partial charge on any atom is 0.417 e. The highest BCUT2D eigenvalue weighted by Gasteiger charge is 2.34. The molecule has 0 bridgehead atoms. The van der Waals surface area contributed by atoms with Crippen molar-refractivity contribution < 1.29 is 18.8 Å². The lowest BCUT2D eigenvalue weighted by Gasteiger charge is -2.13. The normalized spacial score (nSPS) is 13.1.